The summed E-state index contributed by atoms with van der Waals surface area (Å²) in [7, 11) is 0. The Bertz CT molecular complexity index is 208. The van der Waals surface area contributed by atoms with Gasteiger partial charge in [-0.15, -0.1) is 0 Å². The van der Waals surface area contributed by atoms with Gasteiger partial charge in [0.15, 0.2) is 5.12 Å². The molecular formula is C14H27NO2S. The van der Waals surface area contributed by atoms with E-state index in [1.165, 1.54) is 11.8 Å². The molecule has 0 radical (unpaired) electrons. The number of hydrogen-bond acceptors (Lipinski definition) is 3. The first kappa shape index (κ1) is 17.5. The van der Waals surface area contributed by atoms with E-state index in [2.05, 4.69) is 19.2 Å². The third-order valence-corrected chi connectivity index (χ3v) is 3.61. The van der Waals surface area contributed by atoms with Crippen LogP contribution in [-0.4, -0.2) is 23.3 Å². The molecule has 1 amide bonds. The highest BCUT2D eigenvalue weighted by molar-refractivity contribution is 8.13. The maximum absolute atomic E-state index is 11.4. The molecule has 0 rings (SSSR count). The summed E-state index contributed by atoms with van der Waals surface area (Å²) in [5.74, 6) is 0.812. The molecule has 3 nitrogen and oxygen atoms in total. The molecule has 0 aromatic heterocycles. The molecule has 106 valence electrons. The number of thioether (sulfide) groups is 1. The molecule has 0 saturated carbocycles. The summed E-state index contributed by atoms with van der Waals surface area (Å²) in [6.45, 7) is 4.86. The van der Waals surface area contributed by atoms with Gasteiger partial charge in [-0.3, -0.25) is 9.59 Å². The second-order valence-corrected chi connectivity index (χ2v) is 5.64. The Labute approximate surface area is 115 Å². The van der Waals surface area contributed by atoms with Crippen LogP contribution in [0.3, 0.4) is 0 Å². The van der Waals surface area contributed by atoms with Gasteiger partial charge in [-0.05, 0) is 12.8 Å². The van der Waals surface area contributed by atoms with Gasteiger partial charge in [0.25, 0.3) is 0 Å². The Kier molecular flexibility index (Phi) is 12.6. The maximum atomic E-state index is 11.4. The fraction of sp³-hybridized carbons (Fsp3) is 0.857. The predicted octanol–water partition coefficient (Wildman–Crippen LogP) is 3.52. The highest BCUT2D eigenvalue weighted by atomic mass is 32.2. The summed E-state index contributed by atoms with van der Waals surface area (Å²) in [6.07, 6.45) is 7.75. The summed E-state index contributed by atoms with van der Waals surface area (Å²) in [5.41, 5.74) is 0. The largest absolute Gasteiger partial charge is 0.355 e. The van der Waals surface area contributed by atoms with Crippen LogP contribution in [0.4, 0.5) is 0 Å². The van der Waals surface area contributed by atoms with Crippen molar-refractivity contribution >= 4 is 22.8 Å². The van der Waals surface area contributed by atoms with Crippen molar-refractivity contribution in [1.82, 2.24) is 5.32 Å². The minimum absolute atomic E-state index is 0.113. The quantitative estimate of drug-likeness (QED) is 0.586. The second kappa shape index (κ2) is 12.9. The molecule has 0 aliphatic rings. The second-order valence-electron chi connectivity index (χ2n) is 4.48. The molecule has 0 saturated heterocycles. The molecule has 0 heterocycles. The number of amides is 1. The predicted molar refractivity (Wildman–Crippen MR) is 78.8 cm³/mol. The molecule has 0 atom stereocenters. The molecule has 1 N–H and O–H groups in total. The van der Waals surface area contributed by atoms with E-state index < -0.39 is 0 Å². The molecular weight excluding hydrogens is 246 g/mol. The van der Waals surface area contributed by atoms with Gasteiger partial charge in [0.1, 0.15) is 0 Å². The molecule has 0 aromatic rings. The van der Waals surface area contributed by atoms with Crippen molar-refractivity contribution in [1.29, 1.82) is 0 Å². The highest BCUT2D eigenvalue weighted by Crippen LogP contribution is 2.09. The van der Waals surface area contributed by atoms with Crippen LogP contribution in [-0.2, 0) is 9.59 Å². The Morgan fingerprint density at radius 2 is 1.56 bits per heavy atom. The van der Waals surface area contributed by atoms with Crippen LogP contribution >= 0.6 is 11.8 Å². The molecule has 0 aliphatic carbocycles. The van der Waals surface area contributed by atoms with Gasteiger partial charge in [0.2, 0.25) is 5.91 Å². The van der Waals surface area contributed by atoms with Crippen molar-refractivity contribution in [2.45, 2.75) is 65.2 Å². The first-order valence-electron chi connectivity index (χ1n) is 7.13. The first-order valence-corrected chi connectivity index (χ1v) is 8.11. The third kappa shape index (κ3) is 12.0. The Morgan fingerprint density at radius 3 is 2.17 bits per heavy atom. The normalized spacial score (nSPS) is 10.3. The van der Waals surface area contributed by atoms with E-state index in [9.17, 15) is 9.59 Å². The van der Waals surface area contributed by atoms with E-state index in [-0.39, 0.29) is 11.0 Å². The molecule has 0 fully saturated rings. The van der Waals surface area contributed by atoms with E-state index in [1.807, 2.05) is 0 Å². The van der Waals surface area contributed by atoms with Crippen LogP contribution in [0.2, 0.25) is 0 Å². The van der Waals surface area contributed by atoms with Crippen molar-refractivity contribution in [2.24, 2.45) is 0 Å². The van der Waals surface area contributed by atoms with E-state index in [0.717, 1.165) is 38.5 Å². The van der Waals surface area contributed by atoms with Gasteiger partial charge in [-0.25, -0.2) is 0 Å². The standard InChI is InChI=1S/C14H27NO2S/c1-3-5-7-9-13(16)15-11-12-18-14(17)10-8-6-4-2/h3-12H2,1-2H3,(H,15,16). The van der Waals surface area contributed by atoms with Gasteiger partial charge < -0.3 is 5.32 Å². The Balaban J connectivity index is 3.32. The fourth-order valence-corrected chi connectivity index (χ4v) is 2.29. The number of carbonyl (C=O) groups is 2. The molecule has 0 unspecified atom stereocenters. The topological polar surface area (TPSA) is 46.2 Å². The van der Waals surface area contributed by atoms with Crippen LogP contribution in [0.15, 0.2) is 0 Å². The van der Waals surface area contributed by atoms with Crippen LogP contribution in [0.1, 0.15) is 65.2 Å². The minimum atomic E-state index is 0.113. The molecule has 0 aliphatic heterocycles. The minimum Gasteiger partial charge on any atom is -0.355 e. The van der Waals surface area contributed by atoms with Crippen molar-refractivity contribution < 1.29 is 9.59 Å². The smallest absolute Gasteiger partial charge is 0.220 e. The maximum Gasteiger partial charge on any atom is 0.220 e. The first-order chi connectivity index (χ1) is 8.70. The van der Waals surface area contributed by atoms with E-state index in [4.69, 9.17) is 0 Å². The number of rotatable bonds is 11. The highest BCUT2D eigenvalue weighted by Gasteiger charge is 2.03. The molecule has 4 heteroatoms. The van der Waals surface area contributed by atoms with Crippen molar-refractivity contribution in [3.63, 3.8) is 0 Å². The SMILES string of the molecule is CCCCCC(=O)NCCSC(=O)CCCCC. The van der Waals surface area contributed by atoms with Gasteiger partial charge >= 0.3 is 0 Å². The average molecular weight is 273 g/mol. The summed E-state index contributed by atoms with van der Waals surface area (Å²) < 4.78 is 0. The fourth-order valence-electron chi connectivity index (χ4n) is 1.57. The van der Waals surface area contributed by atoms with Gasteiger partial charge in [-0.2, -0.15) is 0 Å². The molecule has 0 aromatic carbocycles. The lowest BCUT2D eigenvalue weighted by Crippen LogP contribution is -2.25. The van der Waals surface area contributed by atoms with Crippen LogP contribution in [0, 0.1) is 0 Å². The monoisotopic (exact) mass is 273 g/mol. The third-order valence-electron chi connectivity index (χ3n) is 2.68. The number of nitrogens with one attached hydrogen (secondary N) is 1. The molecule has 18 heavy (non-hydrogen) atoms. The zero-order chi connectivity index (χ0) is 13.6. The van der Waals surface area contributed by atoms with Crippen LogP contribution in [0.5, 0.6) is 0 Å². The molecule has 0 spiro atoms. The number of unbranched alkanes of at least 4 members (excludes halogenated alkanes) is 4. The lowest BCUT2D eigenvalue weighted by molar-refractivity contribution is -0.121. The van der Waals surface area contributed by atoms with E-state index >= 15 is 0 Å². The lowest BCUT2D eigenvalue weighted by atomic mass is 10.2. The van der Waals surface area contributed by atoms with E-state index in [1.54, 1.807) is 0 Å². The van der Waals surface area contributed by atoms with Crippen molar-refractivity contribution in [2.75, 3.05) is 12.3 Å². The van der Waals surface area contributed by atoms with Crippen LogP contribution < -0.4 is 5.32 Å². The summed E-state index contributed by atoms with van der Waals surface area (Å²) in [5, 5.41) is 3.11. The van der Waals surface area contributed by atoms with Crippen molar-refractivity contribution in [3.05, 3.63) is 0 Å². The van der Waals surface area contributed by atoms with Gasteiger partial charge in [0, 0.05) is 25.1 Å². The van der Waals surface area contributed by atoms with Gasteiger partial charge in [0.05, 0.1) is 0 Å². The van der Waals surface area contributed by atoms with Crippen LogP contribution in [0.25, 0.3) is 0 Å². The van der Waals surface area contributed by atoms with E-state index in [0.29, 0.717) is 25.1 Å². The Hall–Kier alpha value is -0.510. The summed E-state index contributed by atoms with van der Waals surface area (Å²) in [4.78, 5) is 22.8. The number of carbonyl (C=O) groups excluding carboxylic acids is 2. The summed E-state index contributed by atoms with van der Waals surface area (Å²) in [6, 6.07) is 0. The van der Waals surface area contributed by atoms with Gasteiger partial charge in [-0.1, -0.05) is 51.3 Å². The number of hydrogen-bond donors (Lipinski definition) is 1. The Morgan fingerprint density at radius 1 is 0.944 bits per heavy atom. The summed E-state index contributed by atoms with van der Waals surface area (Å²) >= 11 is 1.34. The van der Waals surface area contributed by atoms with Crippen molar-refractivity contribution in [3.8, 4) is 0 Å². The molecule has 0 bridgehead atoms. The average Bonchev–Trinajstić information content (AvgIpc) is 2.35. The zero-order valence-electron chi connectivity index (χ0n) is 11.8. The zero-order valence-corrected chi connectivity index (χ0v) is 12.6. The lowest BCUT2D eigenvalue weighted by Gasteiger charge is -2.04.